The summed E-state index contributed by atoms with van der Waals surface area (Å²) in [7, 11) is 1.88. The molecule has 5 heteroatoms. The number of pyridine rings is 1. The third kappa shape index (κ3) is 2.43. The van der Waals surface area contributed by atoms with Gasteiger partial charge in [0.1, 0.15) is 12.2 Å². The maximum absolute atomic E-state index is 4.30. The molecule has 0 unspecified atom stereocenters. The van der Waals surface area contributed by atoms with Crippen molar-refractivity contribution in [1.29, 1.82) is 0 Å². The standard InChI is InChI=1S/C11H15N5/c1-9(10-5-3-4-6-12-10)13-7-11-14-8-15-16(11)2/h3-6,8-9,13H,7H2,1-2H3/t9-/m0/s1. The van der Waals surface area contributed by atoms with Gasteiger partial charge in [-0.15, -0.1) is 0 Å². The molecule has 0 aliphatic heterocycles. The Morgan fingerprint density at radius 1 is 1.38 bits per heavy atom. The topological polar surface area (TPSA) is 55.6 Å². The largest absolute Gasteiger partial charge is 0.302 e. The molecule has 0 fully saturated rings. The van der Waals surface area contributed by atoms with Crippen molar-refractivity contribution in [3.05, 3.63) is 42.2 Å². The van der Waals surface area contributed by atoms with E-state index in [2.05, 4.69) is 27.3 Å². The second-order valence-electron chi connectivity index (χ2n) is 3.66. The summed E-state index contributed by atoms with van der Waals surface area (Å²) >= 11 is 0. The maximum atomic E-state index is 4.30. The van der Waals surface area contributed by atoms with Gasteiger partial charge in [-0.05, 0) is 19.1 Å². The second kappa shape index (κ2) is 4.85. The fourth-order valence-corrected chi connectivity index (χ4v) is 1.46. The molecule has 2 aromatic heterocycles. The Morgan fingerprint density at radius 3 is 2.88 bits per heavy atom. The lowest BCUT2D eigenvalue weighted by Gasteiger charge is -2.12. The predicted molar refractivity (Wildman–Crippen MR) is 60.5 cm³/mol. The van der Waals surface area contributed by atoms with Crippen LogP contribution in [-0.4, -0.2) is 19.7 Å². The Labute approximate surface area is 94.5 Å². The molecular weight excluding hydrogens is 202 g/mol. The van der Waals surface area contributed by atoms with Gasteiger partial charge >= 0.3 is 0 Å². The number of hydrogen-bond donors (Lipinski definition) is 1. The van der Waals surface area contributed by atoms with Crippen LogP contribution in [0.2, 0.25) is 0 Å². The lowest BCUT2D eigenvalue weighted by atomic mass is 10.2. The molecule has 84 valence electrons. The van der Waals surface area contributed by atoms with Gasteiger partial charge in [0.2, 0.25) is 0 Å². The van der Waals surface area contributed by atoms with Crippen molar-refractivity contribution in [2.45, 2.75) is 19.5 Å². The molecule has 16 heavy (non-hydrogen) atoms. The maximum Gasteiger partial charge on any atom is 0.140 e. The van der Waals surface area contributed by atoms with Gasteiger partial charge in [0.25, 0.3) is 0 Å². The SMILES string of the molecule is C[C@H](NCc1ncnn1C)c1ccccn1. The van der Waals surface area contributed by atoms with Gasteiger partial charge in [-0.2, -0.15) is 5.10 Å². The zero-order chi connectivity index (χ0) is 11.4. The van der Waals surface area contributed by atoms with E-state index in [0.717, 1.165) is 11.5 Å². The first-order valence-electron chi connectivity index (χ1n) is 5.24. The highest BCUT2D eigenvalue weighted by atomic mass is 15.3. The van der Waals surface area contributed by atoms with Crippen LogP contribution in [0.5, 0.6) is 0 Å². The third-order valence-corrected chi connectivity index (χ3v) is 2.50. The first kappa shape index (κ1) is 10.8. The zero-order valence-corrected chi connectivity index (χ0v) is 9.46. The van der Waals surface area contributed by atoms with Gasteiger partial charge in [-0.1, -0.05) is 6.07 Å². The Balaban J connectivity index is 1.94. The molecule has 0 amide bonds. The van der Waals surface area contributed by atoms with E-state index in [1.165, 1.54) is 0 Å². The number of hydrogen-bond acceptors (Lipinski definition) is 4. The predicted octanol–water partition coefficient (Wildman–Crippen LogP) is 1.06. The Morgan fingerprint density at radius 2 is 2.25 bits per heavy atom. The highest BCUT2D eigenvalue weighted by molar-refractivity contribution is 5.07. The monoisotopic (exact) mass is 217 g/mol. The van der Waals surface area contributed by atoms with Gasteiger partial charge in [-0.3, -0.25) is 9.67 Å². The minimum absolute atomic E-state index is 0.206. The number of nitrogens with one attached hydrogen (secondary N) is 1. The summed E-state index contributed by atoms with van der Waals surface area (Å²) in [5, 5.41) is 7.37. The summed E-state index contributed by atoms with van der Waals surface area (Å²) in [5.74, 6) is 0.919. The lowest BCUT2D eigenvalue weighted by Crippen LogP contribution is -2.21. The summed E-state index contributed by atoms with van der Waals surface area (Å²) in [5.41, 5.74) is 1.03. The molecule has 0 aromatic carbocycles. The molecule has 1 atom stereocenters. The molecule has 0 saturated heterocycles. The van der Waals surface area contributed by atoms with E-state index < -0.39 is 0 Å². The first-order chi connectivity index (χ1) is 7.77. The van der Waals surface area contributed by atoms with Gasteiger partial charge < -0.3 is 5.32 Å². The highest BCUT2D eigenvalue weighted by Crippen LogP contribution is 2.08. The van der Waals surface area contributed by atoms with Crippen molar-refractivity contribution in [3.8, 4) is 0 Å². The lowest BCUT2D eigenvalue weighted by molar-refractivity contribution is 0.531. The number of nitrogens with zero attached hydrogens (tertiary/aromatic N) is 4. The van der Waals surface area contributed by atoms with Gasteiger partial charge in [0, 0.05) is 19.3 Å². The quantitative estimate of drug-likeness (QED) is 0.832. The van der Waals surface area contributed by atoms with Gasteiger partial charge in [0.15, 0.2) is 0 Å². The van der Waals surface area contributed by atoms with Crippen LogP contribution in [0.15, 0.2) is 30.7 Å². The van der Waals surface area contributed by atoms with Crippen molar-refractivity contribution >= 4 is 0 Å². The second-order valence-corrected chi connectivity index (χ2v) is 3.66. The van der Waals surface area contributed by atoms with Crippen LogP contribution in [0, 0.1) is 0 Å². The van der Waals surface area contributed by atoms with Gasteiger partial charge in [0.05, 0.1) is 12.2 Å². The van der Waals surface area contributed by atoms with Crippen molar-refractivity contribution in [2.75, 3.05) is 0 Å². The van der Waals surface area contributed by atoms with Crippen LogP contribution in [0.3, 0.4) is 0 Å². The minimum atomic E-state index is 0.206. The summed E-state index contributed by atoms with van der Waals surface area (Å²) in [6, 6.07) is 6.12. The van der Waals surface area contributed by atoms with E-state index in [0.29, 0.717) is 6.54 Å². The molecule has 0 bridgehead atoms. The molecule has 0 radical (unpaired) electrons. The number of rotatable bonds is 4. The summed E-state index contributed by atoms with van der Waals surface area (Å²) < 4.78 is 1.76. The zero-order valence-electron chi connectivity index (χ0n) is 9.46. The number of aryl methyl sites for hydroxylation is 1. The average molecular weight is 217 g/mol. The van der Waals surface area contributed by atoms with Crippen LogP contribution in [0.4, 0.5) is 0 Å². The molecule has 0 spiro atoms. The van der Waals surface area contributed by atoms with Crippen LogP contribution in [0.1, 0.15) is 24.5 Å². The molecule has 0 aliphatic carbocycles. The Kier molecular flexibility index (Phi) is 3.26. The van der Waals surface area contributed by atoms with E-state index in [1.807, 2.05) is 25.2 Å². The molecule has 2 rings (SSSR count). The van der Waals surface area contributed by atoms with Crippen molar-refractivity contribution in [1.82, 2.24) is 25.1 Å². The summed E-state index contributed by atoms with van der Waals surface area (Å²) in [6.07, 6.45) is 3.36. The van der Waals surface area contributed by atoms with E-state index in [-0.39, 0.29) is 6.04 Å². The molecule has 2 heterocycles. The molecule has 2 aromatic rings. The van der Waals surface area contributed by atoms with E-state index in [9.17, 15) is 0 Å². The third-order valence-electron chi connectivity index (χ3n) is 2.50. The minimum Gasteiger partial charge on any atom is -0.302 e. The van der Waals surface area contributed by atoms with Crippen LogP contribution >= 0.6 is 0 Å². The van der Waals surface area contributed by atoms with Gasteiger partial charge in [-0.25, -0.2) is 4.98 Å². The average Bonchev–Trinajstić information content (AvgIpc) is 2.73. The Bertz CT molecular complexity index is 437. The van der Waals surface area contributed by atoms with Crippen molar-refractivity contribution in [3.63, 3.8) is 0 Å². The molecule has 1 N–H and O–H groups in total. The van der Waals surface area contributed by atoms with E-state index in [1.54, 1.807) is 17.2 Å². The van der Waals surface area contributed by atoms with Crippen LogP contribution in [-0.2, 0) is 13.6 Å². The fourth-order valence-electron chi connectivity index (χ4n) is 1.46. The smallest absolute Gasteiger partial charge is 0.140 e. The summed E-state index contributed by atoms with van der Waals surface area (Å²) in [4.78, 5) is 8.45. The molecule has 0 saturated carbocycles. The molecule has 5 nitrogen and oxygen atoms in total. The summed E-state index contributed by atoms with van der Waals surface area (Å²) in [6.45, 7) is 2.77. The first-order valence-corrected chi connectivity index (χ1v) is 5.24. The normalized spacial score (nSPS) is 12.6. The highest BCUT2D eigenvalue weighted by Gasteiger charge is 2.07. The van der Waals surface area contributed by atoms with Crippen molar-refractivity contribution in [2.24, 2.45) is 7.05 Å². The molecule has 0 aliphatic rings. The molecular formula is C11H15N5. The van der Waals surface area contributed by atoms with E-state index >= 15 is 0 Å². The van der Waals surface area contributed by atoms with Crippen LogP contribution in [0.25, 0.3) is 0 Å². The number of aromatic nitrogens is 4. The fraction of sp³-hybridized carbons (Fsp3) is 0.364. The van der Waals surface area contributed by atoms with E-state index in [4.69, 9.17) is 0 Å². The van der Waals surface area contributed by atoms with Crippen molar-refractivity contribution < 1.29 is 0 Å². The van der Waals surface area contributed by atoms with Crippen LogP contribution < -0.4 is 5.32 Å². The Hall–Kier alpha value is -1.75.